The van der Waals surface area contributed by atoms with Crippen molar-refractivity contribution in [3.63, 3.8) is 0 Å². The molecule has 0 radical (unpaired) electrons. The molecule has 0 aromatic heterocycles. The minimum Gasteiger partial charge on any atom is -0.334 e. The third kappa shape index (κ3) is 3.86. The predicted octanol–water partition coefficient (Wildman–Crippen LogP) is 3.67. The highest BCUT2D eigenvalue weighted by atomic mass is 19.2. The molecule has 0 fully saturated rings. The van der Waals surface area contributed by atoms with E-state index >= 15 is 0 Å². The molecule has 0 N–H and O–H groups in total. The molecule has 7 heteroatoms. The second-order valence-electron chi connectivity index (χ2n) is 6.35. The Balaban J connectivity index is 1.83. The first-order valence-corrected chi connectivity index (χ1v) is 8.56. The Morgan fingerprint density at radius 2 is 1.81 bits per heavy atom. The topological polar surface area (TPSA) is 53.0 Å². The molecule has 2 amide bonds. The Kier molecular flexibility index (Phi) is 5.30. The summed E-state index contributed by atoms with van der Waals surface area (Å²) in [6.07, 6.45) is 0.405. The van der Waals surface area contributed by atoms with Gasteiger partial charge in [-0.2, -0.15) is 5.10 Å². The molecule has 1 atom stereocenters. The van der Waals surface area contributed by atoms with Gasteiger partial charge in [-0.3, -0.25) is 9.59 Å². The number of hydrogen-bond donors (Lipinski definition) is 0. The average Bonchev–Trinajstić information content (AvgIpc) is 2.69. The molecule has 1 aliphatic rings. The van der Waals surface area contributed by atoms with Crippen molar-refractivity contribution in [3.05, 3.63) is 65.7 Å². The van der Waals surface area contributed by atoms with Crippen LogP contribution in [0.4, 0.5) is 14.5 Å². The zero-order valence-electron chi connectivity index (χ0n) is 15.0. The largest absolute Gasteiger partial charge is 0.334 e. The average molecular weight is 371 g/mol. The molecule has 1 heterocycles. The molecule has 140 valence electrons. The Morgan fingerprint density at radius 1 is 1.11 bits per heavy atom. The standard InChI is InChI=1S/C20H19F2N3O2/c1-13(14-8-9-16(21)17(22)12-14)24(2)20(27)18-10-11-19(26)25(23-18)15-6-4-3-5-7-15/h3-9,12-13H,10-11H2,1-2H3/t13-/m0/s1. The zero-order valence-corrected chi connectivity index (χ0v) is 15.0. The van der Waals surface area contributed by atoms with E-state index in [9.17, 15) is 18.4 Å². The highest BCUT2D eigenvalue weighted by Gasteiger charge is 2.29. The molecule has 3 rings (SSSR count). The van der Waals surface area contributed by atoms with E-state index in [0.29, 0.717) is 11.3 Å². The van der Waals surface area contributed by atoms with Gasteiger partial charge < -0.3 is 4.90 Å². The number of hydrogen-bond acceptors (Lipinski definition) is 3. The lowest BCUT2D eigenvalue weighted by atomic mass is 10.1. The van der Waals surface area contributed by atoms with Crippen molar-refractivity contribution < 1.29 is 18.4 Å². The van der Waals surface area contributed by atoms with Crippen LogP contribution in [0.5, 0.6) is 0 Å². The van der Waals surface area contributed by atoms with Crippen LogP contribution < -0.4 is 5.01 Å². The van der Waals surface area contributed by atoms with Crippen molar-refractivity contribution >= 4 is 23.2 Å². The van der Waals surface area contributed by atoms with Crippen molar-refractivity contribution in [3.8, 4) is 0 Å². The summed E-state index contributed by atoms with van der Waals surface area (Å²) in [7, 11) is 1.57. The van der Waals surface area contributed by atoms with Gasteiger partial charge in [0.25, 0.3) is 5.91 Å². The molecular formula is C20H19F2N3O2. The van der Waals surface area contributed by atoms with Crippen LogP contribution in [0.2, 0.25) is 0 Å². The van der Waals surface area contributed by atoms with E-state index in [-0.39, 0.29) is 30.4 Å². The second kappa shape index (κ2) is 7.65. The van der Waals surface area contributed by atoms with Crippen LogP contribution in [0.3, 0.4) is 0 Å². The predicted molar refractivity (Wildman–Crippen MR) is 98.1 cm³/mol. The molecule has 1 aliphatic heterocycles. The Labute approximate surface area is 155 Å². The van der Waals surface area contributed by atoms with Crippen LogP contribution in [0, 0.1) is 11.6 Å². The molecule has 2 aromatic rings. The van der Waals surface area contributed by atoms with E-state index in [0.717, 1.165) is 12.1 Å². The lowest BCUT2D eigenvalue weighted by molar-refractivity contribution is -0.125. The van der Waals surface area contributed by atoms with Crippen LogP contribution in [0.25, 0.3) is 0 Å². The van der Waals surface area contributed by atoms with Crippen LogP contribution in [-0.2, 0) is 9.59 Å². The minimum absolute atomic E-state index is 0.173. The lowest BCUT2D eigenvalue weighted by Gasteiger charge is -2.29. The van der Waals surface area contributed by atoms with Crippen molar-refractivity contribution in [2.75, 3.05) is 12.1 Å². The maximum Gasteiger partial charge on any atom is 0.270 e. The number of nitrogens with zero attached hydrogens (tertiary/aromatic N) is 3. The van der Waals surface area contributed by atoms with Crippen molar-refractivity contribution in [2.45, 2.75) is 25.8 Å². The third-order valence-corrected chi connectivity index (χ3v) is 4.61. The molecule has 0 unspecified atom stereocenters. The van der Waals surface area contributed by atoms with E-state index < -0.39 is 17.7 Å². The molecule has 0 aliphatic carbocycles. The van der Waals surface area contributed by atoms with Gasteiger partial charge in [0, 0.05) is 19.9 Å². The Bertz CT molecular complexity index is 899. The molecule has 0 bridgehead atoms. The smallest absolute Gasteiger partial charge is 0.270 e. The number of carbonyl (C=O) groups excluding carboxylic acids is 2. The maximum absolute atomic E-state index is 13.5. The number of rotatable bonds is 4. The van der Waals surface area contributed by atoms with Gasteiger partial charge in [0.2, 0.25) is 5.91 Å². The summed E-state index contributed by atoms with van der Waals surface area (Å²) < 4.78 is 26.6. The van der Waals surface area contributed by atoms with Crippen LogP contribution >= 0.6 is 0 Å². The van der Waals surface area contributed by atoms with E-state index in [1.54, 1.807) is 38.2 Å². The summed E-state index contributed by atoms with van der Waals surface area (Å²) in [5, 5.41) is 5.47. The SMILES string of the molecule is C[C@@H](c1ccc(F)c(F)c1)N(C)C(=O)C1=NN(c2ccccc2)C(=O)CC1. The fourth-order valence-electron chi connectivity index (χ4n) is 2.85. The summed E-state index contributed by atoms with van der Waals surface area (Å²) in [5.41, 5.74) is 1.30. The number of carbonyl (C=O) groups is 2. The zero-order chi connectivity index (χ0) is 19.6. The fourth-order valence-corrected chi connectivity index (χ4v) is 2.85. The quantitative estimate of drug-likeness (QED) is 0.824. The number of halogens is 2. The van der Waals surface area contributed by atoms with E-state index in [4.69, 9.17) is 0 Å². The van der Waals surface area contributed by atoms with Gasteiger partial charge in [-0.1, -0.05) is 24.3 Å². The first-order chi connectivity index (χ1) is 12.9. The van der Waals surface area contributed by atoms with E-state index in [1.165, 1.54) is 16.0 Å². The molecule has 5 nitrogen and oxygen atoms in total. The van der Waals surface area contributed by atoms with Gasteiger partial charge >= 0.3 is 0 Å². The Morgan fingerprint density at radius 3 is 2.48 bits per heavy atom. The number of anilines is 1. The molecule has 0 spiro atoms. The summed E-state index contributed by atoms with van der Waals surface area (Å²) in [6.45, 7) is 1.72. The minimum atomic E-state index is -0.962. The fraction of sp³-hybridized carbons (Fsp3) is 0.250. The third-order valence-electron chi connectivity index (χ3n) is 4.61. The number of amides is 2. The van der Waals surface area contributed by atoms with E-state index in [2.05, 4.69) is 5.10 Å². The lowest BCUT2D eigenvalue weighted by Crippen LogP contribution is -2.40. The number of hydrazone groups is 1. The van der Waals surface area contributed by atoms with Crippen molar-refractivity contribution in [1.82, 2.24) is 4.90 Å². The molecule has 2 aromatic carbocycles. The second-order valence-corrected chi connectivity index (χ2v) is 6.35. The van der Waals surface area contributed by atoms with E-state index in [1.807, 2.05) is 6.07 Å². The summed E-state index contributed by atoms with van der Waals surface area (Å²) in [6, 6.07) is 11.9. The monoisotopic (exact) mass is 371 g/mol. The maximum atomic E-state index is 13.5. The van der Waals surface area contributed by atoms with Crippen molar-refractivity contribution in [1.29, 1.82) is 0 Å². The molecule has 27 heavy (non-hydrogen) atoms. The Hall–Kier alpha value is -3.09. The van der Waals surface area contributed by atoms with Gasteiger partial charge in [-0.15, -0.1) is 0 Å². The van der Waals surface area contributed by atoms with Gasteiger partial charge in [-0.05, 0) is 36.8 Å². The van der Waals surface area contributed by atoms with Gasteiger partial charge in [0.05, 0.1) is 11.7 Å². The van der Waals surface area contributed by atoms with Gasteiger partial charge in [0.15, 0.2) is 11.6 Å². The summed E-state index contributed by atoms with van der Waals surface area (Å²) in [5.74, 6) is -2.45. The highest BCUT2D eigenvalue weighted by molar-refractivity contribution is 6.40. The normalized spacial score (nSPS) is 15.3. The van der Waals surface area contributed by atoms with Crippen LogP contribution in [0.1, 0.15) is 31.4 Å². The number of para-hydroxylation sites is 1. The number of benzene rings is 2. The molecule has 0 saturated carbocycles. The van der Waals surface area contributed by atoms with Crippen molar-refractivity contribution in [2.24, 2.45) is 5.10 Å². The first-order valence-electron chi connectivity index (χ1n) is 8.56. The first kappa shape index (κ1) is 18.7. The summed E-state index contributed by atoms with van der Waals surface area (Å²) in [4.78, 5) is 26.4. The van der Waals surface area contributed by atoms with Gasteiger partial charge in [-0.25, -0.2) is 13.8 Å². The summed E-state index contributed by atoms with van der Waals surface area (Å²) >= 11 is 0. The van der Waals surface area contributed by atoms with Gasteiger partial charge in [0.1, 0.15) is 5.71 Å². The van der Waals surface area contributed by atoms with Crippen LogP contribution in [0.15, 0.2) is 53.6 Å². The van der Waals surface area contributed by atoms with Crippen LogP contribution in [-0.4, -0.2) is 29.5 Å². The molecular weight excluding hydrogens is 352 g/mol. The highest BCUT2D eigenvalue weighted by Crippen LogP contribution is 2.24. The molecule has 0 saturated heterocycles.